The molecule has 0 spiro atoms. The van der Waals surface area contributed by atoms with Gasteiger partial charge in [-0.3, -0.25) is 9.59 Å². The summed E-state index contributed by atoms with van der Waals surface area (Å²) in [7, 11) is 0. The van der Waals surface area contributed by atoms with E-state index in [1.165, 1.54) is 55.2 Å². The fraction of sp³-hybridized carbons (Fsp3) is 0.818. The largest absolute Gasteiger partial charge is 0.455 e. The van der Waals surface area contributed by atoms with Crippen LogP contribution in [0.5, 0.6) is 0 Å². The van der Waals surface area contributed by atoms with E-state index >= 15 is 0 Å². The molecule has 2 atom stereocenters. The number of nitrogens with zero attached hydrogens (tertiary/aromatic N) is 3. The topological polar surface area (TPSA) is 84.4 Å². The molecule has 31 heavy (non-hydrogen) atoms. The Morgan fingerprint density at radius 3 is 2.74 bits per heavy atom. The summed E-state index contributed by atoms with van der Waals surface area (Å²) in [6.45, 7) is 7.44. The monoisotopic (exact) mass is 466 g/mol. The summed E-state index contributed by atoms with van der Waals surface area (Å²) in [5.41, 5.74) is 0.440. The summed E-state index contributed by atoms with van der Waals surface area (Å²) < 4.78 is 6.03. The summed E-state index contributed by atoms with van der Waals surface area (Å²) in [4.78, 5) is 26.9. The molecule has 1 saturated heterocycles. The third kappa shape index (κ3) is 5.92. The van der Waals surface area contributed by atoms with E-state index in [1.807, 2.05) is 4.90 Å². The number of thioether (sulfide) groups is 1. The van der Waals surface area contributed by atoms with Crippen LogP contribution in [0.15, 0.2) is 4.34 Å². The Morgan fingerprint density at radius 2 is 1.97 bits per heavy atom. The molecule has 9 heteroatoms. The van der Waals surface area contributed by atoms with Crippen molar-refractivity contribution in [3.05, 3.63) is 0 Å². The molecule has 2 aliphatic carbocycles. The van der Waals surface area contributed by atoms with Crippen molar-refractivity contribution in [1.82, 2.24) is 15.1 Å². The van der Waals surface area contributed by atoms with Crippen LogP contribution >= 0.6 is 23.1 Å². The van der Waals surface area contributed by atoms with Gasteiger partial charge in [0.1, 0.15) is 0 Å². The van der Waals surface area contributed by atoms with E-state index in [1.54, 1.807) is 0 Å². The number of ether oxygens (including phenoxy) is 1. The van der Waals surface area contributed by atoms with Gasteiger partial charge >= 0.3 is 5.97 Å². The van der Waals surface area contributed by atoms with E-state index in [9.17, 15) is 9.59 Å². The van der Waals surface area contributed by atoms with Crippen molar-refractivity contribution in [3.8, 4) is 0 Å². The summed E-state index contributed by atoms with van der Waals surface area (Å²) >= 11 is 2.79. The molecule has 172 valence electrons. The van der Waals surface area contributed by atoms with E-state index < -0.39 is 0 Å². The van der Waals surface area contributed by atoms with Gasteiger partial charge in [-0.25, -0.2) is 0 Å². The molecule has 0 unspecified atom stereocenters. The number of likely N-dealkylation sites (tertiary alicyclic amines) is 1. The van der Waals surface area contributed by atoms with Crippen molar-refractivity contribution >= 4 is 40.1 Å². The zero-order valence-electron chi connectivity index (χ0n) is 18.8. The van der Waals surface area contributed by atoms with Gasteiger partial charge in [-0.2, -0.15) is 0 Å². The molecular weight excluding hydrogens is 432 g/mol. The maximum Gasteiger partial charge on any atom is 0.316 e. The Morgan fingerprint density at radius 1 is 1.19 bits per heavy atom. The van der Waals surface area contributed by atoms with Gasteiger partial charge in [0.05, 0.1) is 5.75 Å². The molecule has 0 radical (unpaired) electrons. The summed E-state index contributed by atoms with van der Waals surface area (Å²) in [6, 6.07) is 0.749. The van der Waals surface area contributed by atoms with Crippen molar-refractivity contribution in [2.45, 2.75) is 88.6 Å². The number of carbonyl (C=O) groups excluding carboxylic acids is 2. The van der Waals surface area contributed by atoms with Crippen LogP contribution < -0.4 is 5.32 Å². The molecule has 2 bridgehead atoms. The zero-order chi connectivity index (χ0) is 22.1. The second kappa shape index (κ2) is 9.25. The molecular formula is C22H34N4O3S2. The average Bonchev–Trinajstić information content (AvgIpc) is 3.25. The van der Waals surface area contributed by atoms with Gasteiger partial charge in [0.15, 0.2) is 10.9 Å². The quantitative estimate of drug-likeness (QED) is 0.472. The Bertz CT molecular complexity index is 808. The van der Waals surface area contributed by atoms with Gasteiger partial charge in [-0.05, 0) is 42.9 Å². The van der Waals surface area contributed by atoms with E-state index in [0.29, 0.717) is 6.04 Å². The van der Waals surface area contributed by atoms with E-state index in [-0.39, 0.29) is 41.1 Å². The van der Waals surface area contributed by atoms with Crippen molar-refractivity contribution in [2.24, 2.45) is 10.8 Å². The number of nitrogens with one attached hydrogen (secondary N) is 1. The fourth-order valence-electron chi connectivity index (χ4n) is 5.89. The van der Waals surface area contributed by atoms with Crippen molar-refractivity contribution < 1.29 is 14.3 Å². The van der Waals surface area contributed by atoms with Crippen LogP contribution in [0, 0.1) is 10.8 Å². The number of rotatable bonds is 7. The Labute approximate surface area is 193 Å². The number of hydrogen-bond donors (Lipinski definition) is 1. The number of fused-ring (bicyclic) bond motifs is 2. The van der Waals surface area contributed by atoms with Gasteiger partial charge in [0.2, 0.25) is 5.13 Å². The van der Waals surface area contributed by atoms with Crippen molar-refractivity contribution in [1.29, 1.82) is 0 Å². The smallest absolute Gasteiger partial charge is 0.316 e. The lowest BCUT2D eigenvalue weighted by atomic mass is 9.65. The molecule has 3 fully saturated rings. The molecule has 0 aromatic carbocycles. The minimum atomic E-state index is -0.385. The Hall–Kier alpha value is -1.35. The van der Waals surface area contributed by atoms with Gasteiger partial charge < -0.3 is 15.0 Å². The Balaban J connectivity index is 1.19. The van der Waals surface area contributed by atoms with Crippen LogP contribution in [0.3, 0.4) is 0 Å². The maximum absolute atomic E-state index is 12.7. The number of esters is 1. The molecule has 1 aromatic heterocycles. The van der Waals surface area contributed by atoms with Crippen LogP contribution in [0.25, 0.3) is 0 Å². The number of aromatic nitrogens is 2. The number of carbonyl (C=O) groups is 2. The zero-order valence-corrected chi connectivity index (χ0v) is 20.4. The summed E-state index contributed by atoms with van der Waals surface area (Å²) in [5, 5.41) is 12.6. The lowest BCUT2D eigenvalue weighted by Gasteiger charge is -2.39. The molecule has 1 aromatic rings. The first-order chi connectivity index (χ1) is 14.7. The predicted molar refractivity (Wildman–Crippen MR) is 123 cm³/mol. The third-order valence-electron chi connectivity index (χ3n) is 6.74. The molecule has 4 rings (SSSR count). The molecule has 7 nitrogen and oxygen atoms in total. The molecule has 1 N–H and O–H groups in total. The molecule has 2 saturated carbocycles. The summed E-state index contributed by atoms with van der Waals surface area (Å²) in [6.07, 6.45) is 9.40. The van der Waals surface area contributed by atoms with Gasteiger partial charge in [-0.1, -0.05) is 63.1 Å². The number of hydrogen-bond acceptors (Lipinski definition) is 8. The average molecular weight is 467 g/mol. The highest BCUT2D eigenvalue weighted by molar-refractivity contribution is 8.01. The number of anilines is 1. The number of amides is 1. The fourth-order valence-corrected chi connectivity index (χ4v) is 7.51. The third-order valence-corrected chi connectivity index (χ3v) is 8.71. The van der Waals surface area contributed by atoms with Gasteiger partial charge in [0.25, 0.3) is 5.91 Å². The molecule has 2 heterocycles. The second-order valence-corrected chi connectivity index (χ2v) is 12.7. The van der Waals surface area contributed by atoms with Crippen LogP contribution in [0.4, 0.5) is 5.13 Å². The maximum atomic E-state index is 12.7. The molecule has 3 aliphatic rings. The first-order valence-electron chi connectivity index (χ1n) is 11.4. The first-order valence-corrected chi connectivity index (χ1v) is 13.2. The lowest BCUT2D eigenvalue weighted by molar-refractivity contribution is -0.150. The van der Waals surface area contributed by atoms with Crippen LogP contribution in [0.2, 0.25) is 0 Å². The molecule has 1 amide bonds. The van der Waals surface area contributed by atoms with Gasteiger partial charge in [-0.15, -0.1) is 10.2 Å². The highest BCUT2D eigenvalue weighted by Gasteiger charge is 2.50. The highest BCUT2D eigenvalue weighted by Crippen LogP contribution is 2.52. The summed E-state index contributed by atoms with van der Waals surface area (Å²) in [5.74, 6) is -0.316. The van der Waals surface area contributed by atoms with E-state index in [4.69, 9.17) is 4.74 Å². The standard InChI is InChI=1S/C22H34N4O3S2/c1-21(2)9-16-10-22(3,13-21)14-26(16)17(27)11-29-18(28)12-30-20-25-24-19(31-20)23-15-7-5-4-6-8-15/h15-16H,4-14H2,1-3H3,(H,23,24)/t16-,22-/m0/s1. The molecule has 1 aliphatic heterocycles. The SMILES string of the molecule is CC1(C)C[C@H]2C[C@](C)(CN2C(=O)COC(=O)CSc2nnc(NC3CCCCC3)s2)C1. The second-order valence-electron chi connectivity index (χ2n) is 10.5. The normalized spacial score (nSPS) is 27.8. The van der Waals surface area contributed by atoms with E-state index in [0.717, 1.165) is 35.3 Å². The highest BCUT2D eigenvalue weighted by atomic mass is 32.2. The van der Waals surface area contributed by atoms with Crippen molar-refractivity contribution in [3.63, 3.8) is 0 Å². The van der Waals surface area contributed by atoms with Gasteiger partial charge in [0, 0.05) is 18.6 Å². The minimum absolute atomic E-state index is 0.0698. The minimum Gasteiger partial charge on any atom is -0.455 e. The van der Waals surface area contributed by atoms with E-state index in [2.05, 4.69) is 36.3 Å². The first kappa shape index (κ1) is 22.8. The van der Waals surface area contributed by atoms with Crippen LogP contribution in [0.1, 0.15) is 72.1 Å². The van der Waals surface area contributed by atoms with Crippen molar-refractivity contribution in [2.75, 3.05) is 24.2 Å². The van der Waals surface area contributed by atoms with Crippen LogP contribution in [-0.4, -0.2) is 58.0 Å². The van der Waals surface area contributed by atoms with Crippen LogP contribution in [-0.2, 0) is 14.3 Å². The Kier molecular flexibility index (Phi) is 6.82. The predicted octanol–water partition coefficient (Wildman–Crippen LogP) is 4.35. The lowest BCUT2D eigenvalue weighted by Crippen LogP contribution is -2.40.